The average molecular weight is 279 g/mol. The van der Waals surface area contributed by atoms with Gasteiger partial charge < -0.3 is 0 Å². The van der Waals surface area contributed by atoms with Crippen LogP contribution in [-0.4, -0.2) is 25.0 Å². The van der Waals surface area contributed by atoms with E-state index in [9.17, 15) is 8.42 Å². The third-order valence-corrected chi connectivity index (χ3v) is 5.28. The molecule has 0 saturated heterocycles. The molecule has 1 heterocycles. The summed E-state index contributed by atoms with van der Waals surface area (Å²) in [5.74, 6) is 0. The van der Waals surface area contributed by atoms with Gasteiger partial charge in [-0.3, -0.25) is 0 Å². The van der Waals surface area contributed by atoms with Gasteiger partial charge in [0, 0.05) is 18.5 Å². The van der Waals surface area contributed by atoms with Crippen molar-refractivity contribution in [2.24, 2.45) is 0 Å². The van der Waals surface area contributed by atoms with Crippen LogP contribution >= 0.6 is 22.9 Å². The highest BCUT2D eigenvalue weighted by Gasteiger charge is 2.25. The van der Waals surface area contributed by atoms with Crippen LogP contribution in [0, 0.1) is 11.3 Å². The molecule has 0 aliphatic heterocycles. The Hall–Kier alpha value is -0.610. The lowest BCUT2D eigenvalue weighted by Crippen LogP contribution is -2.33. The summed E-state index contributed by atoms with van der Waals surface area (Å²) >= 11 is 7.07. The predicted octanol–water partition coefficient (Wildman–Crippen LogP) is 2.08. The van der Waals surface area contributed by atoms with E-state index < -0.39 is 15.3 Å². The molecule has 1 rings (SSSR count). The second-order valence-corrected chi connectivity index (χ2v) is 7.44. The largest absolute Gasteiger partial charge is 0.230 e. The Labute approximate surface area is 104 Å². The van der Waals surface area contributed by atoms with Gasteiger partial charge in [-0.1, -0.05) is 11.6 Å². The fraction of sp³-hybridized carbons (Fsp3) is 0.444. The zero-order valence-corrected chi connectivity index (χ0v) is 11.2. The van der Waals surface area contributed by atoms with Crippen molar-refractivity contribution in [1.82, 2.24) is 4.31 Å². The molecule has 0 amide bonds. The number of halogens is 1. The molecule has 0 radical (unpaired) electrons. The van der Waals surface area contributed by atoms with E-state index in [1.165, 1.54) is 29.6 Å². The average Bonchev–Trinajstić information content (AvgIpc) is 2.62. The van der Waals surface area contributed by atoms with E-state index in [1.54, 1.807) is 18.2 Å². The minimum absolute atomic E-state index is 0.242. The lowest BCUT2D eigenvalue weighted by molar-refractivity contribution is 0.466. The molecule has 0 fully saturated rings. The van der Waals surface area contributed by atoms with Crippen LogP contribution in [0.3, 0.4) is 0 Å². The van der Waals surface area contributed by atoms with Gasteiger partial charge >= 0.3 is 0 Å². The lowest BCUT2D eigenvalue weighted by Gasteiger charge is -2.17. The number of hydrogen-bond acceptors (Lipinski definition) is 4. The zero-order valence-electron chi connectivity index (χ0n) is 8.84. The van der Waals surface area contributed by atoms with Gasteiger partial charge in [0.05, 0.1) is 10.4 Å². The summed E-state index contributed by atoms with van der Waals surface area (Å²) in [7, 11) is -2.09. The first kappa shape index (κ1) is 13.5. The summed E-state index contributed by atoms with van der Waals surface area (Å²) in [6, 6.07) is 5.22. The van der Waals surface area contributed by atoms with Crippen molar-refractivity contribution in [3.63, 3.8) is 0 Å². The maximum atomic E-state index is 11.7. The van der Waals surface area contributed by atoms with Crippen LogP contribution in [0.5, 0.6) is 0 Å². The van der Waals surface area contributed by atoms with E-state index in [-0.39, 0.29) is 6.54 Å². The van der Waals surface area contributed by atoms with Crippen LogP contribution in [0.1, 0.15) is 11.8 Å². The molecule has 0 aliphatic carbocycles. The first-order valence-corrected chi connectivity index (χ1v) is 7.16. The topological polar surface area (TPSA) is 61.2 Å². The Kier molecular flexibility index (Phi) is 4.33. The number of rotatable bonds is 4. The summed E-state index contributed by atoms with van der Waals surface area (Å²) in [5.41, 5.74) is 0. The minimum Gasteiger partial charge on any atom is -0.211 e. The smallest absolute Gasteiger partial charge is 0.211 e. The SMILES string of the molecule is CC(C#N)S(=O)(=O)N(C)Cc1ccc(Cl)s1. The molecule has 0 aromatic carbocycles. The number of thiophene rings is 1. The molecule has 0 N–H and O–H groups in total. The maximum absolute atomic E-state index is 11.7. The lowest BCUT2D eigenvalue weighted by atomic mass is 10.5. The highest BCUT2D eigenvalue weighted by molar-refractivity contribution is 7.89. The van der Waals surface area contributed by atoms with E-state index in [4.69, 9.17) is 16.9 Å². The van der Waals surface area contributed by atoms with E-state index in [0.29, 0.717) is 4.34 Å². The summed E-state index contributed by atoms with van der Waals surface area (Å²) in [4.78, 5) is 0.848. The van der Waals surface area contributed by atoms with E-state index in [2.05, 4.69) is 0 Å². The van der Waals surface area contributed by atoms with Crippen molar-refractivity contribution in [2.45, 2.75) is 18.7 Å². The van der Waals surface area contributed by atoms with Crippen LogP contribution in [0.25, 0.3) is 0 Å². The highest BCUT2D eigenvalue weighted by Crippen LogP contribution is 2.23. The molecule has 0 aliphatic rings. The standard InChI is InChI=1S/C9H11ClN2O2S2/c1-7(5-11)16(13,14)12(2)6-8-3-4-9(10)15-8/h3-4,7H,6H2,1-2H3. The number of nitriles is 1. The van der Waals surface area contributed by atoms with Gasteiger partial charge in [0.15, 0.2) is 5.25 Å². The van der Waals surface area contributed by atoms with Crippen LogP contribution in [0.2, 0.25) is 4.34 Å². The van der Waals surface area contributed by atoms with Gasteiger partial charge in [0.2, 0.25) is 10.0 Å². The minimum atomic E-state index is -3.54. The molecule has 1 unspecified atom stereocenters. The van der Waals surface area contributed by atoms with Crippen LogP contribution in [-0.2, 0) is 16.6 Å². The molecule has 0 saturated carbocycles. The van der Waals surface area contributed by atoms with Crippen molar-refractivity contribution in [3.8, 4) is 6.07 Å². The molecule has 7 heteroatoms. The number of hydrogen-bond donors (Lipinski definition) is 0. The fourth-order valence-electron chi connectivity index (χ4n) is 1.08. The first-order valence-electron chi connectivity index (χ1n) is 4.47. The molecule has 16 heavy (non-hydrogen) atoms. The molecule has 88 valence electrons. The van der Waals surface area contributed by atoms with Crippen molar-refractivity contribution >= 4 is 33.0 Å². The Morgan fingerprint density at radius 2 is 2.25 bits per heavy atom. The zero-order chi connectivity index (χ0) is 12.3. The summed E-state index contributed by atoms with van der Waals surface area (Å²) in [6.07, 6.45) is 0. The Bertz CT molecular complexity index is 504. The summed E-state index contributed by atoms with van der Waals surface area (Å²) < 4.78 is 25.3. The molecule has 4 nitrogen and oxygen atoms in total. The molecule has 1 aromatic heterocycles. The van der Waals surface area contributed by atoms with Gasteiger partial charge in [-0.2, -0.15) is 9.57 Å². The van der Waals surface area contributed by atoms with Gasteiger partial charge in [-0.15, -0.1) is 11.3 Å². The van der Waals surface area contributed by atoms with E-state index in [1.807, 2.05) is 0 Å². The highest BCUT2D eigenvalue weighted by atomic mass is 35.5. The Balaban J connectivity index is 2.81. The first-order chi connectivity index (χ1) is 7.37. The van der Waals surface area contributed by atoms with E-state index in [0.717, 1.165) is 4.88 Å². The number of sulfonamides is 1. The molecule has 0 bridgehead atoms. The van der Waals surface area contributed by atoms with Crippen molar-refractivity contribution < 1.29 is 8.42 Å². The van der Waals surface area contributed by atoms with Crippen molar-refractivity contribution in [2.75, 3.05) is 7.05 Å². The molecular formula is C9H11ClN2O2S2. The van der Waals surface area contributed by atoms with Gasteiger partial charge in [-0.25, -0.2) is 8.42 Å². The molecule has 1 atom stereocenters. The molecule has 0 spiro atoms. The Morgan fingerprint density at radius 1 is 1.62 bits per heavy atom. The van der Waals surface area contributed by atoms with Gasteiger partial charge in [-0.05, 0) is 19.1 Å². The molecule has 1 aromatic rings. The van der Waals surface area contributed by atoms with Crippen molar-refractivity contribution in [3.05, 3.63) is 21.3 Å². The maximum Gasteiger partial charge on any atom is 0.230 e. The Morgan fingerprint density at radius 3 is 2.69 bits per heavy atom. The predicted molar refractivity (Wildman–Crippen MR) is 64.8 cm³/mol. The third kappa shape index (κ3) is 2.95. The van der Waals surface area contributed by atoms with E-state index >= 15 is 0 Å². The summed E-state index contributed by atoms with van der Waals surface area (Å²) in [5, 5.41) is 7.58. The second kappa shape index (κ2) is 5.15. The summed E-state index contributed by atoms with van der Waals surface area (Å²) in [6.45, 7) is 1.61. The third-order valence-electron chi connectivity index (χ3n) is 2.07. The second-order valence-electron chi connectivity index (χ2n) is 3.28. The van der Waals surface area contributed by atoms with Crippen molar-refractivity contribution in [1.29, 1.82) is 5.26 Å². The van der Waals surface area contributed by atoms with Crippen LogP contribution in [0.15, 0.2) is 12.1 Å². The molecular weight excluding hydrogens is 268 g/mol. The fourth-order valence-corrected chi connectivity index (χ4v) is 3.30. The normalized spacial score (nSPS) is 13.7. The number of nitrogens with zero attached hydrogens (tertiary/aromatic N) is 2. The monoisotopic (exact) mass is 278 g/mol. The van der Waals surface area contributed by atoms with Gasteiger partial charge in [0.1, 0.15) is 0 Å². The van der Waals surface area contributed by atoms with Gasteiger partial charge in [0.25, 0.3) is 0 Å². The van der Waals surface area contributed by atoms with Crippen LogP contribution < -0.4 is 0 Å². The quantitative estimate of drug-likeness (QED) is 0.847. The van der Waals surface area contributed by atoms with Crippen LogP contribution in [0.4, 0.5) is 0 Å².